The van der Waals surface area contributed by atoms with Crippen LogP contribution in [0.15, 0.2) is 48.5 Å². The van der Waals surface area contributed by atoms with Crippen molar-refractivity contribution >= 4 is 21.6 Å². The molecule has 25 heavy (non-hydrogen) atoms. The lowest BCUT2D eigenvalue weighted by molar-refractivity contribution is 0.0940. The number of nitrogens with zero attached hydrogens (tertiary/aromatic N) is 1. The van der Waals surface area contributed by atoms with Crippen LogP contribution in [0.3, 0.4) is 0 Å². The Labute approximate surface area is 148 Å². The van der Waals surface area contributed by atoms with E-state index >= 15 is 0 Å². The Balaban J connectivity index is 2.23. The number of sulfonamides is 1. The van der Waals surface area contributed by atoms with Gasteiger partial charge in [-0.2, -0.15) is 0 Å². The molecule has 2 rings (SSSR count). The van der Waals surface area contributed by atoms with Crippen molar-refractivity contribution in [3.05, 3.63) is 59.7 Å². The van der Waals surface area contributed by atoms with E-state index in [-0.39, 0.29) is 11.9 Å². The molecule has 0 fully saturated rings. The van der Waals surface area contributed by atoms with Gasteiger partial charge < -0.3 is 10.1 Å². The Hall–Kier alpha value is -2.54. The number of rotatable bonds is 6. The predicted octanol–water partition coefficient (Wildman–Crippen LogP) is 2.58. The van der Waals surface area contributed by atoms with Crippen LogP contribution in [0.1, 0.15) is 28.9 Å². The molecule has 1 N–H and O–H groups in total. The zero-order valence-electron chi connectivity index (χ0n) is 14.7. The van der Waals surface area contributed by atoms with Gasteiger partial charge in [0.25, 0.3) is 5.91 Å². The maximum absolute atomic E-state index is 12.6. The van der Waals surface area contributed by atoms with E-state index in [1.54, 1.807) is 31.4 Å². The van der Waals surface area contributed by atoms with Crippen LogP contribution in [0, 0.1) is 0 Å². The fourth-order valence-electron chi connectivity index (χ4n) is 2.37. The van der Waals surface area contributed by atoms with Crippen LogP contribution in [0.2, 0.25) is 0 Å². The van der Waals surface area contributed by atoms with E-state index in [2.05, 4.69) is 5.32 Å². The molecule has 0 heterocycles. The van der Waals surface area contributed by atoms with E-state index in [0.29, 0.717) is 11.3 Å². The molecule has 6 nitrogen and oxygen atoms in total. The number of hydrogen-bond acceptors (Lipinski definition) is 4. The van der Waals surface area contributed by atoms with Crippen molar-refractivity contribution in [3.8, 4) is 5.75 Å². The average molecular weight is 362 g/mol. The van der Waals surface area contributed by atoms with Gasteiger partial charge in [0.05, 0.1) is 30.7 Å². The van der Waals surface area contributed by atoms with Gasteiger partial charge in [-0.1, -0.05) is 24.3 Å². The molecular formula is C18H22N2O4S. The molecule has 134 valence electrons. The van der Waals surface area contributed by atoms with E-state index < -0.39 is 10.0 Å². The van der Waals surface area contributed by atoms with Crippen LogP contribution in [-0.2, 0) is 10.0 Å². The van der Waals surface area contributed by atoms with Crippen LogP contribution in [0.25, 0.3) is 0 Å². The summed E-state index contributed by atoms with van der Waals surface area (Å²) in [5.41, 5.74) is 1.56. The summed E-state index contributed by atoms with van der Waals surface area (Å²) in [6.07, 6.45) is 1.10. The number of nitrogens with one attached hydrogen (secondary N) is 1. The fraction of sp³-hybridized carbons (Fsp3) is 0.278. The van der Waals surface area contributed by atoms with Gasteiger partial charge in [0.1, 0.15) is 5.75 Å². The zero-order valence-corrected chi connectivity index (χ0v) is 15.5. The van der Waals surface area contributed by atoms with Gasteiger partial charge in [-0.25, -0.2) is 8.42 Å². The molecule has 0 aliphatic rings. The number of amides is 1. The van der Waals surface area contributed by atoms with Crippen LogP contribution in [-0.4, -0.2) is 34.7 Å². The van der Waals surface area contributed by atoms with Gasteiger partial charge in [-0.05, 0) is 36.8 Å². The second-order valence-corrected chi connectivity index (χ2v) is 7.73. The summed E-state index contributed by atoms with van der Waals surface area (Å²) < 4.78 is 29.8. The van der Waals surface area contributed by atoms with Crippen LogP contribution >= 0.6 is 0 Å². The molecule has 1 amide bonds. The summed E-state index contributed by atoms with van der Waals surface area (Å²) in [5.74, 6) is 0.400. The normalized spacial score (nSPS) is 12.3. The Morgan fingerprint density at radius 3 is 2.28 bits per heavy atom. The Morgan fingerprint density at radius 1 is 1.12 bits per heavy atom. The molecule has 1 atom stereocenters. The smallest absolute Gasteiger partial charge is 0.253 e. The quantitative estimate of drug-likeness (QED) is 0.857. The Kier molecular flexibility index (Phi) is 5.69. The first-order chi connectivity index (χ1) is 11.7. The highest BCUT2D eigenvalue weighted by Crippen LogP contribution is 2.23. The first kappa shape index (κ1) is 18.8. The Morgan fingerprint density at radius 2 is 1.72 bits per heavy atom. The fourth-order valence-corrected chi connectivity index (χ4v) is 2.89. The van der Waals surface area contributed by atoms with Crippen molar-refractivity contribution in [3.63, 3.8) is 0 Å². The molecule has 0 aliphatic carbocycles. The maximum Gasteiger partial charge on any atom is 0.253 e. The van der Waals surface area contributed by atoms with Gasteiger partial charge in [0.2, 0.25) is 10.0 Å². The Bertz CT molecular complexity index is 848. The van der Waals surface area contributed by atoms with Crippen LogP contribution in [0.4, 0.5) is 5.69 Å². The molecule has 2 aromatic rings. The lowest BCUT2D eigenvalue weighted by Crippen LogP contribution is -2.31. The summed E-state index contributed by atoms with van der Waals surface area (Å²) in [5, 5.41) is 2.90. The molecule has 7 heteroatoms. The molecule has 0 saturated heterocycles. The number of carbonyl (C=O) groups is 1. The first-order valence-electron chi connectivity index (χ1n) is 7.71. The summed E-state index contributed by atoms with van der Waals surface area (Å²) >= 11 is 0. The van der Waals surface area contributed by atoms with Gasteiger partial charge >= 0.3 is 0 Å². The van der Waals surface area contributed by atoms with Gasteiger partial charge in [0, 0.05) is 7.05 Å². The summed E-state index contributed by atoms with van der Waals surface area (Å²) in [7, 11) is -0.443. The highest BCUT2D eigenvalue weighted by atomic mass is 32.2. The van der Waals surface area contributed by atoms with Crippen molar-refractivity contribution in [1.82, 2.24) is 5.32 Å². The van der Waals surface area contributed by atoms with Gasteiger partial charge in [-0.15, -0.1) is 0 Å². The van der Waals surface area contributed by atoms with Crippen molar-refractivity contribution in [1.29, 1.82) is 0 Å². The third-order valence-corrected chi connectivity index (χ3v) is 5.14. The molecule has 0 bridgehead atoms. The number of carbonyl (C=O) groups excluding carboxylic acids is 1. The van der Waals surface area contributed by atoms with Crippen molar-refractivity contribution in [2.75, 3.05) is 24.7 Å². The molecule has 0 saturated carbocycles. The molecule has 0 spiro atoms. The molecule has 0 aromatic heterocycles. The number of para-hydroxylation sites is 1. The lowest BCUT2D eigenvalue weighted by Gasteiger charge is -2.21. The molecular weight excluding hydrogens is 340 g/mol. The molecule has 0 radical (unpaired) electrons. The summed E-state index contributed by atoms with van der Waals surface area (Å²) in [6.45, 7) is 1.86. The van der Waals surface area contributed by atoms with Crippen molar-refractivity contribution in [2.24, 2.45) is 0 Å². The minimum atomic E-state index is -3.46. The molecule has 1 unspecified atom stereocenters. The number of methoxy groups -OCH3 is 1. The molecule has 0 aliphatic heterocycles. The first-order valence-corrected chi connectivity index (χ1v) is 9.56. The largest absolute Gasteiger partial charge is 0.497 e. The standard InChI is InChI=1S/C18H22N2O4S/c1-13(14-9-11-15(24-3)12-10-14)19-18(21)16-7-5-6-8-17(16)20(2)25(4,22)23/h5-13H,1-4H3,(H,19,21). The van der Waals surface area contributed by atoms with E-state index in [4.69, 9.17) is 4.74 Å². The highest BCUT2D eigenvalue weighted by molar-refractivity contribution is 7.92. The second-order valence-electron chi connectivity index (χ2n) is 5.72. The topological polar surface area (TPSA) is 75.7 Å². The molecule has 2 aromatic carbocycles. The van der Waals surface area contributed by atoms with E-state index in [1.165, 1.54) is 7.05 Å². The number of anilines is 1. The number of hydrogen-bond donors (Lipinski definition) is 1. The number of benzene rings is 2. The third kappa shape index (κ3) is 4.51. The third-order valence-electron chi connectivity index (χ3n) is 3.95. The summed E-state index contributed by atoms with van der Waals surface area (Å²) in [6, 6.07) is 13.8. The maximum atomic E-state index is 12.6. The average Bonchev–Trinajstić information content (AvgIpc) is 2.60. The van der Waals surface area contributed by atoms with E-state index in [1.807, 2.05) is 31.2 Å². The number of ether oxygens (including phenoxy) is 1. The highest BCUT2D eigenvalue weighted by Gasteiger charge is 2.20. The monoisotopic (exact) mass is 362 g/mol. The van der Waals surface area contributed by atoms with E-state index in [0.717, 1.165) is 21.9 Å². The second kappa shape index (κ2) is 7.57. The van der Waals surface area contributed by atoms with Gasteiger partial charge in [-0.3, -0.25) is 9.10 Å². The zero-order chi connectivity index (χ0) is 18.6. The van der Waals surface area contributed by atoms with E-state index in [9.17, 15) is 13.2 Å². The SMILES string of the molecule is COc1ccc(C(C)NC(=O)c2ccccc2N(C)S(C)(=O)=O)cc1. The van der Waals surface area contributed by atoms with Gasteiger partial charge in [0.15, 0.2) is 0 Å². The summed E-state index contributed by atoms with van der Waals surface area (Å²) in [4.78, 5) is 12.6. The van der Waals surface area contributed by atoms with Crippen molar-refractivity contribution < 1.29 is 17.9 Å². The van der Waals surface area contributed by atoms with Crippen molar-refractivity contribution in [2.45, 2.75) is 13.0 Å². The predicted molar refractivity (Wildman–Crippen MR) is 98.6 cm³/mol. The van der Waals surface area contributed by atoms with Crippen LogP contribution in [0.5, 0.6) is 5.75 Å². The van der Waals surface area contributed by atoms with Crippen LogP contribution < -0.4 is 14.4 Å². The lowest BCUT2D eigenvalue weighted by atomic mass is 10.1. The minimum Gasteiger partial charge on any atom is -0.497 e. The minimum absolute atomic E-state index is 0.241.